The first-order valence-electron chi connectivity index (χ1n) is 8.83. The topological polar surface area (TPSA) is 81.4 Å². The minimum atomic E-state index is -0.487. The number of nitrogens with zero attached hydrogens (tertiary/aromatic N) is 1. The van der Waals surface area contributed by atoms with Crippen molar-refractivity contribution in [3.63, 3.8) is 0 Å². The van der Waals surface area contributed by atoms with Crippen LogP contribution in [0.1, 0.15) is 38.8 Å². The lowest BCUT2D eigenvalue weighted by Crippen LogP contribution is -2.45. The number of hydrogen-bond acceptors (Lipinski definition) is 5. The van der Waals surface area contributed by atoms with Gasteiger partial charge in [-0.1, -0.05) is 44.0 Å². The Kier molecular flexibility index (Phi) is 5.36. The molecule has 0 bridgehead atoms. The molecule has 1 amide bonds. The average molecular weight is 344 g/mol. The van der Waals surface area contributed by atoms with Crippen LogP contribution >= 0.6 is 0 Å². The van der Waals surface area contributed by atoms with Crippen molar-refractivity contribution in [2.24, 2.45) is 11.8 Å². The van der Waals surface area contributed by atoms with E-state index in [4.69, 9.17) is 9.26 Å². The van der Waals surface area contributed by atoms with Crippen molar-refractivity contribution >= 4 is 22.8 Å². The Morgan fingerprint density at radius 3 is 2.92 bits per heavy atom. The molecule has 0 aliphatic heterocycles. The van der Waals surface area contributed by atoms with Crippen LogP contribution in [-0.2, 0) is 20.7 Å². The minimum absolute atomic E-state index is 0.0127. The summed E-state index contributed by atoms with van der Waals surface area (Å²) in [5.41, 5.74) is 1.15. The molecule has 134 valence electrons. The fourth-order valence-corrected chi connectivity index (χ4v) is 3.43. The van der Waals surface area contributed by atoms with Gasteiger partial charge in [0.2, 0.25) is 0 Å². The molecule has 1 N–H and O–H groups in total. The van der Waals surface area contributed by atoms with Gasteiger partial charge in [-0.05, 0) is 30.4 Å². The summed E-state index contributed by atoms with van der Waals surface area (Å²) in [6.45, 7) is 4.12. The molecule has 1 aliphatic carbocycles. The molecule has 0 spiro atoms. The predicted octanol–water partition coefficient (Wildman–Crippen LogP) is 2.85. The molecule has 2 aromatic rings. The van der Waals surface area contributed by atoms with E-state index in [9.17, 15) is 9.59 Å². The van der Waals surface area contributed by atoms with Crippen molar-refractivity contribution in [2.45, 2.75) is 45.6 Å². The molecular formula is C19H24N2O4. The number of benzene rings is 1. The van der Waals surface area contributed by atoms with Gasteiger partial charge in [-0.3, -0.25) is 9.59 Å². The van der Waals surface area contributed by atoms with Gasteiger partial charge in [-0.15, -0.1) is 0 Å². The second-order valence-corrected chi connectivity index (χ2v) is 6.90. The molecule has 0 unspecified atom stereocenters. The van der Waals surface area contributed by atoms with E-state index in [1.54, 1.807) is 6.07 Å². The van der Waals surface area contributed by atoms with E-state index in [0.717, 1.165) is 18.2 Å². The van der Waals surface area contributed by atoms with Crippen LogP contribution in [0.2, 0.25) is 0 Å². The Morgan fingerprint density at radius 1 is 1.28 bits per heavy atom. The molecule has 1 heterocycles. The van der Waals surface area contributed by atoms with Crippen LogP contribution < -0.4 is 5.32 Å². The number of aromatic nitrogens is 1. The molecule has 1 saturated carbocycles. The molecule has 0 saturated heterocycles. The third kappa shape index (κ3) is 4.18. The van der Waals surface area contributed by atoms with Crippen LogP contribution in [-0.4, -0.2) is 29.7 Å². The lowest BCUT2D eigenvalue weighted by atomic mass is 9.78. The molecule has 25 heavy (non-hydrogen) atoms. The number of fused-ring (bicyclic) bond motifs is 1. The zero-order chi connectivity index (χ0) is 17.8. The van der Waals surface area contributed by atoms with Gasteiger partial charge < -0.3 is 14.6 Å². The third-order valence-electron chi connectivity index (χ3n) is 5.18. The lowest BCUT2D eigenvalue weighted by Gasteiger charge is -2.34. The summed E-state index contributed by atoms with van der Waals surface area (Å²) >= 11 is 0. The molecule has 3 atom stereocenters. The normalized spacial score (nSPS) is 23.4. The number of hydrogen-bond donors (Lipinski definition) is 1. The van der Waals surface area contributed by atoms with E-state index in [1.807, 2.05) is 18.2 Å². The van der Waals surface area contributed by atoms with Gasteiger partial charge in [0.1, 0.15) is 5.69 Å². The number of amides is 1. The molecular weight excluding hydrogens is 320 g/mol. The van der Waals surface area contributed by atoms with E-state index >= 15 is 0 Å². The van der Waals surface area contributed by atoms with Crippen molar-refractivity contribution in [3.8, 4) is 0 Å². The summed E-state index contributed by atoms with van der Waals surface area (Å²) in [6, 6.07) is 7.49. The van der Waals surface area contributed by atoms with Crippen LogP contribution in [0, 0.1) is 11.8 Å². The van der Waals surface area contributed by atoms with Crippen LogP contribution in [0.5, 0.6) is 0 Å². The maximum atomic E-state index is 12.1. The van der Waals surface area contributed by atoms with Gasteiger partial charge in [0.05, 0.1) is 6.42 Å². The Bertz CT molecular complexity index is 755. The van der Waals surface area contributed by atoms with Gasteiger partial charge in [0.15, 0.2) is 12.2 Å². The smallest absolute Gasteiger partial charge is 0.312 e. The molecule has 1 fully saturated rings. The van der Waals surface area contributed by atoms with Crippen molar-refractivity contribution in [1.82, 2.24) is 10.5 Å². The Balaban J connectivity index is 1.48. The summed E-state index contributed by atoms with van der Waals surface area (Å²) in [7, 11) is 0. The van der Waals surface area contributed by atoms with E-state index in [2.05, 4.69) is 24.3 Å². The number of carbonyl (C=O) groups excluding carboxylic acids is 2. The molecule has 1 aromatic heterocycles. The van der Waals surface area contributed by atoms with Gasteiger partial charge in [-0.2, -0.15) is 0 Å². The summed E-state index contributed by atoms with van der Waals surface area (Å²) in [5.74, 6) is 0.306. The average Bonchev–Trinajstić information content (AvgIpc) is 3.00. The first kappa shape index (κ1) is 17.5. The zero-order valence-electron chi connectivity index (χ0n) is 14.7. The highest BCUT2D eigenvalue weighted by Crippen LogP contribution is 2.29. The molecule has 3 rings (SSSR count). The fourth-order valence-electron chi connectivity index (χ4n) is 3.43. The van der Waals surface area contributed by atoms with Crippen molar-refractivity contribution in [2.75, 3.05) is 6.61 Å². The van der Waals surface area contributed by atoms with Crippen molar-refractivity contribution in [1.29, 1.82) is 0 Å². The van der Waals surface area contributed by atoms with E-state index in [1.165, 1.54) is 6.42 Å². The van der Waals surface area contributed by atoms with E-state index < -0.39 is 5.97 Å². The zero-order valence-corrected chi connectivity index (χ0v) is 14.7. The number of rotatable bonds is 5. The largest absolute Gasteiger partial charge is 0.455 e. The SMILES string of the molecule is C[C@H]1[C@@H](NC(=O)COC(=O)Cc2noc3ccccc23)CCC[C@@H]1C. The van der Waals surface area contributed by atoms with E-state index in [0.29, 0.717) is 23.1 Å². The monoisotopic (exact) mass is 344 g/mol. The van der Waals surface area contributed by atoms with Gasteiger partial charge >= 0.3 is 5.97 Å². The Hall–Kier alpha value is -2.37. The highest BCUT2D eigenvalue weighted by atomic mass is 16.5. The van der Waals surface area contributed by atoms with Gasteiger partial charge in [-0.25, -0.2) is 0 Å². The van der Waals surface area contributed by atoms with Gasteiger partial charge in [0, 0.05) is 11.4 Å². The number of carbonyl (C=O) groups is 2. The summed E-state index contributed by atoms with van der Waals surface area (Å²) in [4.78, 5) is 24.0. The number of nitrogens with one attached hydrogen (secondary N) is 1. The van der Waals surface area contributed by atoms with E-state index in [-0.39, 0.29) is 25.0 Å². The molecule has 1 aromatic carbocycles. The predicted molar refractivity (Wildman–Crippen MR) is 92.8 cm³/mol. The Labute approximate surface area is 146 Å². The molecule has 6 heteroatoms. The summed E-state index contributed by atoms with van der Waals surface area (Å²) < 4.78 is 10.3. The fraction of sp³-hybridized carbons (Fsp3) is 0.526. The lowest BCUT2D eigenvalue weighted by molar-refractivity contribution is -0.148. The number of ether oxygens (including phenoxy) is 1. The van der Waals surface area contributed by atoms with Crippen molar-refractivity contribution in [3.05, 3.63) is 30.0 Å². The van der Waals surface area contributed by atoms with Crippen molar-refractivity contribution < 1.29 is 18.8 Å². The minimum Gasteiger partial charge on any atom is -0.455 e. The van der Waals surface area contributed by atoms with Crippen LogP contribution in [0.4, 0.5) is 0 Å². The second kappa shape index (κ2) is 7.68. The first-order valence-corrected chi connectivity index (χ1v) is 8.83. The van der Waals surface area contributed by atoms with Crippen LogP contribution in [0.3, 0.4) is 0 Å². The third-order valence-corrected chi connectivity index (χ3v) is 5.18. The first-order chi connectivity index (χ1) is 12.0. The highest BCUT2D eigenvalue weighted by Gasteiger charge is 2.28. The van der Waals surface area contributed by atoms with Crippen LogP contribution in [0.15, 0.2) is 28.8 Å². The van der Waals surface area contributed by atoms with Gasteiger partial charge in [0.25, 0.3) is 5.91 Å². The number of para-hydroxylation sites is 1. The standard InChI is InChI=1S/C19H24N2O4/c1-12-6-5-8-15(13(12)2)20-18(22)11-24-19(23)10-16-14-7-3-4-9-17(14)25-21-16/h3-4,7,9,12-13,15H,5-6,8,10-11H2,1-2H3,(H,20,22)/t12-,13+,15-/m0/s1. The number of esters is 1. The van der Waals surface area contributed by atoms with Crippen LogP contribution in [0.25, 0.3) is 11.0 Å². The Morgan fingerprint density at radius 2 is 2.08 bits per heavy atom. The quantitative estimate of drug-likeness (QED) is 0.844. The maximum Gasteiger partial charge on any atom is 0.312 e. The summed E-state index contributed by atoms with van der Waals surface area (Å²) in [6.07, 6.45) is 3.29. The summed E-state index contributed by atoms with van der Waals surface area (Å²) in [5, 5.41) is 7.68. The maximum absolute atomic E-state index is 12.1. The molecule has 0 radical (unpaired) electrons. The second-order valence-electron chi connectivity index (χ2n) is 6.90. The molecule has 1 aliphatic rings. The highest BCUT2D eigenvalue weighted by molar-refractivity contribution is 5.85. The molecule has 6 nitrogen and oxygen atoms in total.